The summed E-state index contributed by atoms with van der Waals surface area (Å²) >= 11 is 0.585. The molecule has 0 saturated carbocycles. The van der Waals surface area contributed by atoms with Gasteiger partial charge in [-0.05, 0) is 0 Å². The molecule has 3 atom stereocenters. The van der Waals surface area contributed by atoms with E-state index in [1.807, 2.05) is 0 Å². The van der Waals surface area contributed by atoms with Gasteiger partial charge in [0.1, 0.15) is 0 Å². The van der Waals surface area contributed by atoms with Gasteiger partial charge in [0, 0.05) is 0 Å². The molecule has 2 aliphatic rings. The third kappa shape index (κ3) is 2.74. The Balaban J connectivity index is 1.55. The van der Waals surface area contributed by atoms with Gasteiger partial charge in [-0.1, -0.05) is 0 Å². The molecule has 17 heavy (non-hydrogen) atoms. The summed E-state index contributed by atoms with van der Waals surface area (Å²) in [5, 5.41) is 1.29. The number of benzene rings is 1. The van der Waals surface area contributed by atoms with E-state index in [4.69, 9.17) is 9.47 Å². The quantitative estimate of drug-likeness (QED) is 0.793. The molecule has 1 aromatic carbocycles. The third-order valence-electron chi connectivity index (χ3n) is 3.60. The molecule has 2 heterocycles. The molecule has 2 fully saturated rings. The van der Waals surface area contributed by atoms with E-state index in [1.165, 1.54) is 22.6 Å². The Morgan fingerprint density at radius 2 is 2.06 bits per heavy atom. The van der Waals surface area contributed by atoms with E-state index in [0.717, 1.165) is 19.1 Å². The molecule has 0 N–H and O–H groups in total. The molecular weight excluding hydrogens is 279 g/mol. The molecular formula is C14H18O2Se. The normalized spacial score (nSPS) is 32.4. The average molecular weight is 297 g/mol. The predicted molar refractivity (Wildman–Crippen MR) is 68.5 cm³/mol. The van der Waals surface area contributed by atoms with Crippen molar-refractivity contribution in [3.8, 4) is 0 Å². The van der Waals surface area contributed by atoms with Crippen molar-refractivity contribution in [1.29, 1.82) is 0 Å². The molecule has 0 aromatic heterocycles. The van der Waals surface area contributed by atoms with Crippen LogP contribution in [0.4, 0.5) is 0 Å². The number of rotatable bonds is 3. The molecule has 92 valence electrons. The summed E-state index contributed by atoms with van der Waals surface area (Å²) in [5.41, 5.74) is 0. The zero-order valence-electron chi connectivity index (χ0n) is 9.88. The summed E-state index contributed by atoms with van der Waals surface area (Å²) < 4.78 is 12.9. The van der Waals surface area contributed by atoms with Crippen LogP contribution in [0.15, 0.2) is 30.3 Å². The Kier molecular flexibility index (Phi) is 3.82. The number of hydrogen-bond acceptors (Lipinski definition) is 2. The summed E-state index contributed by atoms with van der Waals surface area (Å²) in [6.07, 6.45) is 2.61. The zero-order chi connectivity index (χ0) is 11.5. The van der Waals surface area contributed by atoms with E-state index in [9.17, 15) is 0 Å². The van der Waals surface area contributed by atoms with Crippen LogP contribution in [0, 0.1) is 11.8 Å². The van der Waals surface area contributed by atoms with Gasteiger partial charge in [0.2, 0.25) is 0 Å². The van der Waals surface area contributed by atoms with Crippen LogP contribution in [0.2, 0.25) is 5.32 Å². The Morgan fingerprint density at radius 1 is 1.18 bits per heavy atom. The third-order valence-corrected chi connectivity index (χ3v) is 6.12. The summed E-state index contributed by atoms with van der Waals surface area (Å²) in [5.74, 6) is 1.38. The van der Waals surface area contributed by atoms with Gasteiger partial charge in [-0.25, -0.2) is 0 Å². The van der Waals surface area contributed by atoms with Crippen molar-refractivity contribution in [2.75, 3.05) is 13.2 Å². The zero-order valence-corrected chi connectivity index (χ0v) is 11.6. The second kappa shape index (κ2) is 5.53. The van der Waals surface area contributed by atoms with Crippen molar-refractivity contribution < 1.29 is 9.47 Å². The minimum atomic E-state index is 0.111. The van der Waals surface area contributed by atoms with Gasteiger partial charge in [0.05, 0.1) is 0 Å². The van der Waals surface area contributed by atoms with Crippen LogP contribution in [0.25, 0.3) is 0 Å². The minimum absolute atomic E-state index is 0.111. The molecule has 2 nitrogen and oxygen atoms in total. The van der Waals surface area contributed by atoms with Gasteiger partial charge < -0.3 is 0 Å². The average Bonchev–Trinajstić information content (AvgIpc) is 2.81. The molecule has 3 rings (SSSR count). The van der Waals surface area contributed by atoms with Gasteiger partial charge in [-0.15, -0.1) is 0 Å². The molecule has 2 aliphatic heterocycles. The van der Waals surface area contributed by atoms with Crippen LogP contribution in [0.3, 0.4) is 0 Å². The maximum atomic E-state index is 5.75. The molecule has 0 bridgehead atoms. The molecule has 3 heteroatoms. The van der Waals surface area contributed by atoms with Crippen LogP contribution < -0.4 is 4.46 Å². The van der Waals surface area contributed by atoms with Crippen molar-refractivity contribution in [1.82, 2.24) is 0 Å². The first-order valence-electron chi connectivity index (χ1n) is 6.34. The van der Waals surface area contributed by atoms with Crippen molar-refractivity contribution in [3.63, 3.8) is 0 Å². The van der Waals surface area contributed by atoms with Crippen molar-refractivity contribution in [3.05, 3.63) is 30.3 Å². The first-order chi connectivity index (χ1) is 8.43. The molecule has 0 radical (unpaired) electrons. The topological polar surface area (TPSA) is 18.5 Å². The molecule has 0 aliphatic carbocycles. The predicted octanol–water partition coefficient (Wildman–Crippen LogP) is 1.83. The molecule has 0 spiro atoms. The molecule has 1 unspecified atom stereocenters. The second-order valence-electron chi connectivity index (χ2n) is 4.76. The van der Waals surface area contributed by atoms with E-state index in [2.05, 4.69) is 30.3 Å². The van der Waals surface area contributed by atoms with Gasteiger partial charge in [-0.2, -0.15) is 0 Å². The van der Waals surface area contributed by atoms with Crippen LogP contribution in [-0.4, -0.2) is 34.5 Å². The first kappa shape index (κ1) is 11.7. The van der Waals surface area contributed by atoms with Gasteiger partial charge in [0.25, 0.3) is 0 Å². The Morgan fingerprint density at radius 3 is 2.94 bits per heavy atom. The Hall–Kier alpha value is -0.341. The van der Waals surface area contributed by atoms with E-state index in [0.29, 0.717) is 20.9 Å². The van der Waals surface area contributed by atoms with Crippen LogP contribution >= 0.6 is 0 Å². The summed E-state index contributed by atoms with van der Waals surface area (Å²) in [6, 6.07) is 10.8. The number of ether oxygens (including phenoxy) is 2. The maximum absolute atomic E-state index is 5.75. The molecule has 2 saturated heterocycles. The van der Waals surface area contributed by atoms with Gasteiger partial charge in [0.15, 0.2) is 0 Å². The second-order valence-corrected chi connectivity index (χ2v) is 7.06. The van der Waals surface area contributed by atoms with E-state index in [1.54, 1.807) is 0 Å². The Labute approximate surface area is 109 Å². The van der Waals surface area contributed by atoms with E-state index in [-0.39, 0.29) is 6.29 Å². The fourth-order valence-electron chi connectivity index (χ4n) is 2.64. The molecule has 0 amide bonds. The summed E-state index contributed by atoms with van der Waals surface area (Å²) in [4.78, 5) is 0. The first-order valence-corrected chi connectivity index (χ1v) is 8.41. The monoisotopic (exact) mass is 298 g/mol. The summed E-state index contributed by atoms with van der Waals surface area (Å²) in [7, 11) is 0. The van der Waals surface area contributed by atoms with Crippen LogP contribution in [-0.2, 0) is 9.47 Å². The van der Waals surface area contributed by atoms with Crippen LogP contribution in [0.5, 0.6) is 0 Å². The van der Waals surface area contributed by atoms with Gasteiger partial charge in [-0.3, -0.25) is 0 Å². The Bertz CT molecular complexity index is 354. The van der Waals surface area contributed by atoms with Crippen molar-refractivity contribution in [2.24, 2.45) is 11.8 Å². The number of hydrogen-bond donors (Lipinski definition) is 0. The number of fused-ring (bicyclic) bond motifs is 1. The molecule has 1 aromatic rings. The van der Waals surface area contributed by atoms with E-state index < -0.39 is 0 Å². The van der Waals surface area contributed by atoms with Crippen molar-refractivity contribution in [2.45, 2.75) is 24.5 Å². The van der Waals surface area contributed by atoms with Crippen LogP contribution in [0.1, 0.15) is 12.8 Å². The SMILES string of the molecule is c1ccc([Se]CC2CO[C@H]3OCCC[C@@H]23)cc1. The summed E-state index contributed by atoms with van der Waals surface area (Å²) in [6.45, 7) is 1.79. The fraction of sp³-hybridized carbons (Fsp3) is 0.571. The standard InChI is InChI=1S/C14H18O2Se/c1-2-5-12(6-3-1)17-10-11-9-16-14-13(11)7-4-8-15-14/h1-3,5-6,11,13-14H,4,7-10H2/t11?,13-,14+/m0/s1. The van der Waals surface area contributed by atoms with E-state index >= 15 is 0 Å². The van der Waals surface area contributed by atoms with Crippen molar-refractivity contribution >= 4 is 19.4 Å². The van der Waals surface area contributed by atoms with Gasteiger partial charge >= 0.3 is 109 Å². The fourth-order valence-corrected chi connectivity index (χ4v) is 4.95.